The highest BCUT2D eigenvalue weighted by molar-refractivity contribution is 5.95. The van der Waals surface area contributed by atoms with E-state index < -0.39 is 0 Å². The number of aromatic nitrogens is 2. The predicted octanol–water partition coefficient (Wildman–Crippen LogP) is 7.13. The van der Waals surface area contributed by atoms with Crippen LogP contribution in [0.25, 0.3) is 28.0 Å². The first kappa shape index (κ1) is 28.6. The van der Waals surface area contributed by atoms with Gasteiger partial charge >= 0.3 is 0 Å². The standard InChI is InChI=1S/C37H38N4O2/c1-26(42)27-10-12-28(13-11-27)31-16-19-34-38-35(29-8-6-5-7-9-29)33(41(34)24-31)25-39-20-22-40(23-21-39)36(43)30-14-17-32(18-15-30)37(2,3)4/h5-19,24H,20-23,25H2,1-4H3. The smallest absolute Gasteiger partial charge is 0.253 e. The molecule has 3 heterocycles. The summed E-state index contributed by atoms with van der Waals surface area (Å²) in [4.78, 5) is 34.5. The van der Waals surface area contributed by atoms with Crippen LogP contribution in [-0.4, -0.2) is 57.1 Å². The van der Waals surface area contributed by atoms with E-state index in [0.717, 1.165) is 58.9 Å². The Balaban J connectivity index is 1.24. The second kappa shape index (κ2) is 11.6. The highest BCUT2D eigenvalue weighted by atomic mass is 16.2. The van der Waals surface area contributed by atoms with Gasteiger partial charge in [-0.2, -0.15) is 0 Å². The van der Waals surface area contributed by atoms with Gasteiger partial charge in [0.2, 0.25) is 0 Å². The SMILES string of the molecule is CC(=O)c1ccc(-c2ccc3nc(-c4ccccc4)c(CN4CCN(C(=O)c5ccc(C(C)(C)C)cc5)CC4)n3c2)cc1. The van der Waals surface area contributed by atoms with Crippen LogP contribution in [0.1, 0.15) is 59.7 Å². The summed E-state index contributed by atoms with van der Waals surface area (Å²) >= 11 is 0. The highest BCUT2D eigenvalue weighted by Gasteiger charge is 2.25. The first-order valence-electron chi connectivity index (χ1n) is 15.0. The number of hydrogen-bond acceptors (Lipinski definition) is 4. The first-order valence-corrected chi connectivity index (χ1v) is 15.0. The van der Waals surface area contributed by atoms with Gasteiger partial charge in [0.25, 0.3) is 5.91 Å². The Morgan fingerprint density at radius 1 is 0.721 bits per heavy atom. The maximum absolute atomic E-state index is 13.3. The van der Waals surface area contributed by atoms with Crippen LogP contribution in [-0.2, 0) is 12.0 Å². The number of pyridine rings is 1. The second-order valence-electron chi connectivity index (χ2n) is 12.4. The minimum atomic E-state index is 0.0600. The Bertz CT molecular complexity index is 1760. The molecule has 1 saturated heterocycles. The van der Waals surface area contributed by atoms with Crippen molar-refractivity contribution in [3.8, 4) is 22.4 Å². The molecule has 6 rings (SSSR count). The third-order valence-electron chi connectivity index (χ3n) is 8.42. The minimum absolute atomic E-state index is 0.0600. The zero-order valence-electron chi connectivity index (χ0n) is 25.4. The van der Waals surface area contributed by atoms with Crippen molar-refractivity contribution in [2.75, 3.05) is 26.2 Å². The fourth-order valence-electron chi connectivity index (χ4n) is 5.76. The Morgan fingerprint density at radius 3 is 1.98 bits per heavy atom. The van der Waals surface area contributed by atoms with Crippen molar-refractivity contribution < 1.29 is 9.59 Å². The van der Waals surface area contributed by atoms with Gasteiger partial charge in [-0.15, -0.1) is 0 Å². The summed E-state index contributed by atoms with van der Waals surface area (Å²) in [5.41, 5.74) is 8.94. The van der Waals surface area contributed by atoms with E-state index in [0.29, 0.717) is 18.7 Å². The lowest BCUT2D eigenvalue weighted by Crippen LogP contribution is -2.48. The molecule has 0 spiro atoms. The van der Waals surface area contributed by atoms with E-state index in [2.05, 4.69) is 72.7 Å². The molecule has 5 aromatic rings. The third kappa shape index (κ3) is 6.02. The fraction of sp³-hybridized carbons (Fsp3) is 0.270. The summed E-state index contributed by atoms with van der Waals surface area (Å²) in [6.07, 6.45) is 2.15. The van der Waals surface area contributed by atoms with Crippen LogP contribution in [0.4, 0.5) is 0 Å². The highest BCUT2D eigenvalue weighted by Crippen LogP contribution is 2.29. The van der Waals surface area contributed by atoms with Gasteiger partial charge in [-0.3, -0.25) is 14.5 Å². The minimum Gasteiger partial charge on any atom is -0.336 e. The molecule has 1 aliphatic rings. The Labute approximate surface area is 253 Å². The molecule has 43 heavy (non-hydrogen) atoms. The summed E-state index contributed by atoms with van der Waals surface area (Å²) in [5, 5.41) is 0. The van der Waals surface area contributed by atoms with Crippen LogP contribution in [0.5, 0.6) is 0 Å². The second-order valence-corrected chi connectivity index (χ2v) is 12.4. The number of carbonyl (C=O) groups excluding carboxylic acids is 2. The van der Waals surface area contributed by atoms with Crippen molar-refractivity contribution in [2.24, 2.45) is 0 Å². The van der Waals surface area contributed by atoms with Crippen molar-refractivity contribution in [3.63, 3.8) is 0 Å². The van der Waals surface area contributed by atoms with Crippen molar-refractivity contribution in [2.45, 2.75) is 39.7 Å². The van der Waals surface area contributed by atoms with E-state index >= 15 is 0 Å². The lowest BCUT2D eigenvalue weighted by molar-refractivity contribution is 0.0626. The zero-order valence-corrected chi connectivity index (χ0v) is 25.4. The number of Topliss-reactive ketones (excluding diaryl/α,β-unsaturated/α-hetero) is 1. The Kier molecular flexibility index (Phi) is 7.72. The number of carbonyl (C=O) groups is 2. The number of hydrogen-bond donors (Lipinski definition) is 0. The molecule has 6 nitrogen and oxygen atoms in total. The monoisotopic (exact) mass is 570 g/mol. The lowest BCUT2D eigenvalue weighted by Gasteiger charge is -2.35. The van der Waals surface area contributed by atoms with Crippen LogP contribution in [0.15, 0.2) is 97.2 Å². The largest absolute Gasteiger partial charge is 0.336 e. The number of imidazole rings is 1. The summed E-state index contributed by atoms with van der Waals surface area (Å²) < 4.78 is 2.20. The van der Waals surface area contributed by atoms with Gasteiger partial charge in [0.15, 0.2) is 5.78 Å². The maximum Gasteiger partial charge on any atom is 0.253 e. The molecule has 1 aliphatic heterocycles. The number of amides is 1. The van der Waals surface area contributed by atoms with Gasteiger partial charge in [-0.1, -0.05) is 87.5 Å². The zero-order chi connectivity index (χ0) is 30.1. The Morgan fingerprint density at radius 2 is 1.35 bits per heavy atom. The number of benzene rings is 3. The molecule has 0 bridgehead atoms. The molecular formula is C37H38N4O2. The molecule has 0 saturated carbocycles. The van der Waals surface area contributed by atoms with Crippen molar-refractivity contribution in [3.05, 3.63) is 120 Å². The van der Waals surface area contributed by atoms with Crippen molar-refractivity contribution in [1.82, 2.24) is 19.2 Å². The first-order chi connectivity index (χ1) is 20.7. The number of rotatable bonds is 6. The molecule has 3 aromatic carbocycles. The van der Waals surface area contributed by atoms with Gasteiger partial charge in [-0.05, 0) is 53.3 Å². The fourth-order valence-corrected chi connectivity index (χ4v) is 5.76. The molecule has 1 fully saturated rings. The summed E-state index contributed by atoms with van der Waals surface area (Å²) in [7, 11) is 0. The summed E-state index contributed by atoms with van der Waals surface area (Å²) in [6, 6.07) is 30.3. The number of piperazine rings is 1. The average molecular weight is 571 g/mol. The van der Waals surface area contributed by atoms with Gasteiger partial charge in [0, 0.05) is 55.6 Å². The van der Waals surface area contributed by atoms with Crippen molar-refractivity contribution >= 4 is 17.3 Å². The van der Waals surface area contributed by atoms with Gasteiger partial charge in [0.1, 0.15) is 5.65 Å². The summed E-state index contributed by atoms with van der Waals surface area (Å²) in [5.74, 6) is 0.159. The average Bonchev–Trinajstić information content (AvgIpc) is 3.38. The predicted molar refractivity (Wildman–Crippen MR) is 172 cm³/mol. The Hall–Kier alpha value is -4.55. The number of nitrogens with zero attached hydrogens (tertiary/aromatic N) is 4. The summed E-state index contributed by atoms with van der Waals surface area (Å²) in [6.45, 7) is 11.8. The maximum atomic E-state index is 13.3. The lowest BCUT2D eigenvalue weighted by atomic mass is 9.86. The molecule has 0 aliphatic carbocycles. The topological polar surface area (TPSA) is 57.9 Å². The van der Waals surface area contributed by atoms with E-state index in [4.69, 9.17) is 4.98 Å². The van der Waals surface area contributed by atoms with Crippen molar-refractivity contribution in [1.29, 1.82) is 0 Å². The molecule has 218 valence electrons. The van der Waals surface area contributed by atoms with Gasteiger partial charge in [-0.25, -0.2) is 4.98 Å². The molecule has 0 atom stereocenters. The van der Waals surface area contributed by atoms with E-state index in [1.807, 2.05) is 59.5 Å². The normalized spacial score (nSPS) is 14.3. The quantitative estimate of drug-likeness (QED) is 0.204. The molecule has 0 N–H and O–H groups in total. The molecular weight excluding hydrogens is 532 g/mol. The number of ketones is 1. The van der Waals surface area contributed by atoms with Crippen LogP contribution >= 0.6 is 0 Å². The molecule has 1 amide bonds. The van der Waals surface area contributed by atoms with E-state index in [9.17, 15) is 9.59 Å². The van der Waals surface area contributed by atoms with E-state index in [1.54, 1.807) is 6.92 Å². The molecule has 2 aromatic heterocycles. The van der Waals surface area contributed by atoms with E-state index in [-0.39, 0.29) is 17.1 Å². The van der Waals surface area contributed by atoms with Crippen LogP contribution in [0.3, 0.4) is 0 Å². The molecule has 0 radical (unpaired) electrons. The third-order valence-corrected chi connectivity index (χ3v) is 8.42. The van der Waals surface area contributed by atoms with Crippen LogP contribution in [0, 0.1) is 0 Å². The van der Waals surface area contributed by atoms with Gasteiger partial charge in [0.05, 0.1) is 11.4 Å². The number of fused-ring (bicyclic) bond motifs is 1. The molecule has 0 unspecified atom stereocenters. The van der Waals surface area contributed by atoms with Crippen LogP contribution < -0.4 is 0 Å². The van der Waals surface area contributed by atoms with E-state index in [1.165, 1.54) is 5.56 Å². The van der Waals surface area contributed by atoms with Crippen LogP contribution in [0.2, 0.25) is 0 Å². The van der Waals surface area contributed by atoms with Gasteiger partial charge < -0.3 is 9.30 Å². The molecule has 6 heteroatoms.